The van der Waals surface area contributed by atoms with Crippen molar-refractivity contribution in [2.75, 3.05) is 4.90 Å². The Morgan fingerprint density at radius 1 is 1.03 bits per heavy atom. The summed E-state index contributed by atoms with van der Waals surface area (Å²) in [6.45, 7) is 1.97. The molecule has 0 radical (unpaired) electrons. The van der Waals surface area contributed by atoms with Crippen LogP contribution in [-0.2, 0) is 0 Å². The third-order valence-corrected chi connectivity index (χ3v) is 6.38. The summed E-state index contributed by atoms with van der Waals surface area (Å²) in [4.78, 5) is 6.48. The van der Waals surface area contributed by atoms with Gasteiger partial charge < -0.3 is 14.6 Å². The molecule has 3 heterocycles. The molecule has 160 valence electrons. The molecule has 0 saturated carbocycles. The first-order valence-corrected chi connectivity index (χ1v) is 10.9. The lowest BCUT2D eigenvalue weighted by Crippen LogP contribution is -2.29. The zero-order valence-electron chi connectivity index (χ0n) is 17.1. The van der Waals surface area contributed by atoms with Crippen LogP contribution in [0.4, 0.5) is 10.1 Å². The van der Waals surface area contributed by atoms with E-state index in [0.29, 0.717) is 15.9 Å². The van der Waals surface area contributed by atoms with E-state index in [1.54, 1.807) is 18.3 Å². The van der Waals surface area contributed by atoms with Gasteiger partial charge >= 0.3 is 0 Å². The molecule has 2 aromatic carbocycles. The molecular formula is C25H19ClFN3OS. The number of halogens is 2. The van der Waals surface area contributed by atoms with Crippen molar-refractivity contribution in [2.45, 2.75) is 19.0 Å². The number of anilines is 1. The molecule has 7 heteroatoms. The molecule has 4 aromatic rings. The molecule has 1 saturated heterocycles. The average Bonchev–Trinajstić information content (AvgIpc) is 3.41. The third-order valence-electron chi connectivity index (χ3n) is 5.65. The fraction of sp³-hybridized carbons (Fsp3) is 0.120. The highest BCUT2D eigenvalue weighted by Crippen LogP contribution is 2.43. The maximum Gasteiger partial charge on any atom is 0.174 e. The Hall–Kier alpha value is -3.22. The monoisotopic (exact) mass is 463 g/mol. The van der Waals surface area contributed by atoms with E-state index in [2.05, 4.69) is 10.3 Å². The second kappa shape index (κ2) is 8.37. The van der Waals surface area contributed by atoms with Crippen LogP contribution in [0, 0.1) is 12.7 Å². The fourth-order valence-electron chi connectivity index (χ4n) is 4.05. The van der Waals surface area contributed by atoms with Gasteiger partial charge in [-0.05, 0) is 79.3 Å². The van der Waals surface area contributed by atoms with Crippen LogP contribution < -0.4 is 10.2 Å². The molecule has 1 aliphatic rings. The van der Waals surface area contributed by atoms with E-state index >= 15 is 0 Å². The average molecular weight is 464 g/mol. The van der Waals surface area contributed by atoms with Crippen LogP contribution in [-0.4, -0.2) is 10.1 Å². The van der Waals surface area contributed by atoms with Gasteiger partial charge in [0.25, 0.3) is 0 Å². The number of nitrogens with one attached hydrogen (secondary N) is 1. The van der Waals surface area contributed by atoms with Gasteiger partial charge in [0.2, 0.25) is 0 Å². The number of aromatic nitrogens is 1. The maximum atomic E-state index is 13.6. The zero-order chi connectivity index (χ0) is 22.2. The van der Waals surface area contributed by atoms with Crippen LogP contribution in [0.1, 0.15) is 29.1 Å². The Balaban J connectivity index is 1.61. The summed E-state index contributed by atoms with van der Waals surface area (Å²) in [6, 6.07) is 21.1. The molecule has 4 nitrogen and oxygen atoms in total. The smallest absolute Gasteiger partial charge is 0.174 e. The minimum absolute atomic E-state index is 0.242. The van der Waals surface area contributed by atoms with Gasteiger partial charge in [-0.2, -0.15) is 0 Å². The Labute approximate surface area is 195 Å². The molecule has 1 N–H and O–H groups in total. The van der Waals surface area contributed by atoms with E-state index in [1.165, 1.54) is 12.1 Å². The molecule has 0 unspecified atom stereocenters. The molecule has 1 fully saturated rings. The van der Waals surface area contributed by atoms with Crippen molar-refractivity contribution in [3.05, 3.63) is 107 Å². The molecule has 2 aromatic heterocycles. The van der Waals surface area contributed by atoms with Crippen molar-refractivity contribution in [2.24, 2.45) is 0 Å². The molecule has 5 rings (SSSR count). The van der Waals surface area contributed by atoms with Crippen molar-refractivity contribution in [1.82, 2.24) is 10.3 Å². The Kier molecular flexibility index (Phi) is 5.41. The predicted octanol–water partition coefficient (Wildman–Crippen LogP) is 6.62. The highest BCUT2D eigenvalue weighted by molar-refractivity contribution is 7.80. The van der Waals surface area contributed by atoms with Crippen LogP contribution in [0.3, 0.4) is 0 Å². The highest BCUT2D eigenvalue weighted by atomic mass is 35.5. The first-order valence-electron chi connectivity index (χ1n) is 10.1. The Morgan fingerprint density at radius 3 is 2.59 bits per heavy atom. The summed E-state index contributed by atoms with van der Waals surface area (Å²) in [6.07, 6.45) is 1.75. The van der Waals surface area contributed by atoms with Gasteiger partial charge in [0, 0.05) is 22.5 Å². The van der Waals surface area contributed by atoms with Gasteiger partial charge in [0.15, 0.2) is 5.11 Å². The number of nitrogens with zero attached hydrogens (tertiary/aromatic N) is 2. The minimum Gasteiger partial charge on any atom is -0.459 e. The number of benzene rings is 2. The van der Waals surface area contributed by atoms with Crippen molar-refractivity contribution < 1.29 is 8.81 Å². The summed E-state index contributed by atoms with van der Waals surface area (Å²) in [5, 5.41) is 4.58. The quantitative estimate of drug-likeness (QED) is 0.344. The lowest BCUT2D eigenvalue weighted by atomic mass is 10.0. The summed E-state index contributed by atoms with van der Waals surface area (Å²) < 4.78 is 20.0. The van der Waals surface area contributed by atoms with Crippen molar-refractivity contribution >= 4 is 34.6 Å². The highest BCUT2D eigenvalue weighted by Gasteiger charge is 2.42. The van der Waals surface area contributed by atoms with Crippen molar-refractivity contribution in [3.63, 3.8) is 0 Å². The predicted molar refractivity (Wildman–Crippen MR) is 128 cm³/mol. The van der Waals surface area contributed by atoms with E-state index in [0.717, 1.165) is 28.3 Å². The minimum atomic E-state index is -0.309. The van der Waals surface area contributed by atoms with E-state index in [-0.39, 0.29) is 17.9 Å². The van der Waals surface area contributed by atoms with E-state index < -0.39 is 0 Å². The van der Waals surface area contributed by atoms with Gasteiger partial charge in [-0.25, -0.2) is 4.39 Å². The van der Waals surface area contributed by atoms with Gasteiger partial charge in [-0.1, -0.05) is 29.8 Å². The molecule has 2 atom stereocenters. The SMILES string of the molecule is Cc1c(Cl)cccc1-c1ccc([C@@H]2[C@@H](c3ccccn3)NC(=S)N2c2ccc(F)cc2)o1. The number of thiocarbonyl (C=S) groups is 1. The van der Waals surface area contributed by atoms with E-state index in [9.17, 15) is 4.39 Å². The summed E-state index contributed by atoms with van der Waals surface area (Å²) in [5.74, 6) is 1.13. The van der Waals surface area contributed by atoms with Crippen LogP contribution in [0.5, 0.6) is 0 Å². The van der Waals surface area contributed by atoms with E-state index in [4.69, 9.17) is 28.2 Å². The third kappa shape index (κ3) is 3.66. The lowest BCUT2D eigenvalue weighted by molar-refractivity contribution is 0.439. The fourth-order valence-corrected chi connectivity index (χ4v) is 4.58. The first kappa shape index (κ1) is 20.7. The van der Waals surface area contributed by atoms with Crippen LogP contribution in [0.2, 0.25) is 5.02 Å². The van der Waals surface area contributed by atoms with E-state index in [1.807, 2.05) is 60.4 Å². The largest absolute Gasteiger partial charge is 0.459 e. The molecule has 0 spiro atoms. The lowest BCUT2D eigenvalue weighted by Gasteiger charge is -2.26. The molecule has 0 aliphatic carbocycles. The normalized spacial score (nSPS) is 18.1. The Morgan fingerprint density at radius 2 is 1.84 bits per heavy atom. The second-order valence-electron chi connectivity index (χ2n) is 7.59. The molecular weight excluding hydrogens is 445 g/mol. The second-order valence-corrected chi connectivity index (χ2v) is 8.38. The van der Waals surface area contributed by atoms with Crippen LogP contribution >= 0.6 is 23.8 Å². The van der Waals surface area contributed by atoms with Crippen LogP contribution in [0.25, 0.3) is 11.3 Å². The Bertz CT molecular complexity index is 1280. The van der Waals surface area contributed by atoms with Gasteiger partial charge in [-0.3, -0.25) is 4.98 Å². The van der Waals surface area contributed by atoms with Crippen LogP contribution in [0.15, 0.2) is 83.4 Å². The number of rotatable bonds is 4. The summed E-state index contributed by atoms with van der Waals surface area (Å²) >= 11 is 12.0. The number of hydrogen-bond acceptors (Lipinski definition) is 3. The standard InChI is InChI=1S/C25H19ClFN3OS/c1-15-18(5-4-6-19(15)26)21-12-13-22(31-21)24-23(20-7-2-3-14-28-20)29-25(32)30(24)17-10-8-16(27)9-11-17/h2-14,23-24H,1H3,(H,29,32)/t23-,24-/m1/s1. The summed E-state index contributed by atoms with van der Waals surface area (Å²) in [7, 11) is 0. The summed E-state index contributed by atoms with van der Waals surface area (Å²) in [5.41, 5.74) is 3.48. The number of furan rings is 1. The van der Waals surface area contributed by atoms with Crippen molar-refractivity contribution in [1.29, 1.82) is 0 Å². The van der Waals surface area contributed by atoms with Crippen molar-refractivity contribution in [3.8, 4) is 11.3 Å². The molecule has 1 aliphatic heterocycles. The van der Waals surface area contributed by atoms with Gasteiger partial charge in [0.1, 0.15) is 23.4 Å². The first-order chi connectivity index (χ1) is 15.5. The molecule has 32 heavy (non-hydrogen) atoms. The number of hydrogen-bond donors (Lipinski definition) is 1. The van der Waals surface area contributed by atoms with Gasteiger partial charge in [0.05, 0.1) is 11.7 Å². The zero-order valence-corrected chi connectivity index (χ0v) is 18.7. The molecule has 0 bridgehead atoms. The topological polar surface area (TPSA) is 41.3 Å². The van der Waals surface area contributed by atoms with Gasteiger partial charge in [-0.15, -0.1) is 0 Å². The molecule has 0 amide bonds. The number of pyridine rings is 1. The maximum absolute atomic E-state index is 13.6.